The minimum atomic E-state index is -4.67. The second-order valence-corrected chi connectivity index (χ2v) is 3.49. The third kappa shape index (κ3) is 2.41. The van der Waals surface area contributed by atoms with Gasteiger partial charge in [0.25, 0.3) is 5.24 Å². The maximum Gasteiger partial charge on any atom is 0.417 e. The van der Waals surface area contributed by atoms with E-state index in [9.17, 15) is 22.8 Å². The van der Waals surface area contributed by atoms with Crippen molar-refractivity contribution in [2.45, 2.75) is 13.1 Å². The van der Waals surface area contributed by atoms with Crippen molar-refractivity contribution in [3.8, 4) is 0 Å². The average molecular weight is 251 g/mol. The van der Waals surface area contributed by atoms with Crippen molar-refractivity contribution in [2.24, 2.45) is 0 Å². The summed E-state index contributed by atoms with van der Waals surface area (Å²) < 4.78 is 37.6. The van der Waals surface area contributed by atoms with Gasteiger partial charge in [0.2, 0.25) is 0 Å². The lowest BCUT2D eigenvalue weighted by Gasteiger charge is -2.12. The molecule has 0 bridgehead atoms. The Hall–Kier alpha value is -1.36. The summed E-state index contributed by atoms with van der Waals surface area (Å²) in [5.41, 5.74) is -1.68. The Morgan fingerprint density at radius 3 is 2.31 bits per heavy atom. The SMILES string of the molecule is Cc1cc(C(F)(F)F)c(C(=O)Cl)cc1C=O. The number of hydrogen-bond acceptors (Lipinski definition) is 2. The Morgan fingerprint density at radius 1 is 1.38 bits per heavy atom. The Labute approximate surface area is 94.0 Å². The van der Waals surface area contributed by atoms with Crippen molar-refractivity contribution in [3.63, 3.8) is 0 Å². The summed E-state index contributed by atoms with van der Waals surface area (Å²) >= 11 is 5.04. The van der Waals surface area contributed by atoms with Crippen molar-refractivity contribution in [3.05, 3.63) is 34.4 Å². The van der Waals surface area contributed by atoms with E-state index in [-0.39, 0.29) is 11.1 Å². The molecule has 0 radical (unpaired) electrons. The Bertz CT molecular complexity index is 452. The van der Waals surface area contributed by atoms with Crippen LogP contribution in [0.25, 0.3) is 0 Å². The third-order valence-corrected chi connectivity index (χ3v) is 2.25. The molecule has 0 aliphatic rings. The molecule has 1 aromatic carbocycles. The molecule has 0 atom stereocenters. The second kappa shape index (κ2) is 4.25. The summed E-state index contributed by atoms with van der Waals surface area (Å²) in [5, 5.41) is -1.24. The number of alkyl halides is 3. The van der Waals surface area contributed by atoms with Crippen LogP contribution in [0.15, 0.2) is 12.1 Å². The van der Waals surface area contributed by atoms with Crippen LogP contribution in [0, 0.1) is 6.92 Å². The van der Waals surface area contributed by atoms with E-state index in [2.05, 4.69) is 0 Å². The summed E-state index contributed by atoms with van der Waals surface area (Å²) in [5.74, 6) is 0. The van der Waals surface area contributed by atoms with Gasteiger partial charge in [-0.15, -0.1) is 0 Å². The molecule has 0 heterocycles. The fraction of sp³-hybridized carbons (Fsp3) is 0.200. The molecular formula is C10H6ClF3O2. The Morgan fingerprint density at radius 2 is 1.94 bits per heavy atom. The van der Waals surface area contributed by atoms with E-state index in [1.54, 1.807) is 0 Å². The van der Waals surface area contributed by atoms with Crippen LogP contribution < -0.4 is 0 Å². The molecule has 1 rings (SSSR count). The minimum Gasteiger partial charge on any atom is -0.298 e. The lowest BCUT2D eigenvalue weighted by Crippen LogP contribution is -2.12. The maximum absolute atomic E-state index is 12.5. The molecule has 0 fully saturated rings. The number of rotatable bonds is 2. The minimum absolute atomic E-state index is 0.0111. The molecule has 0 aromatic heterocycles. The van der Waals surface area contributed by atoms with Crippen LogP contribution in [0.3, 0.4) is 0 Å². The topological polar surface area (TPSA) is 34.1 Å². The molecule has 2 nitrogen and oxygen atoms in total. The molecule has 0 saturated heterocycles. The maximum atomic E-state index is 12.5. The molecule has 16 heavy (non-hydrogen) atoms. The highest BCUT2D eigenvalue weighted by atomic mass is 35.5. The van der Waals surface area contributed by atoms with Crippen LogP contribution in [-0.2, 0) is 6.18 Å². The number of carbonyl (C=O) groups is 2. The van der Waals surface area contributed by atoms with Crippen molar-refractivity contribution < 1.29 is 22.8 Å². The molecule has 0 saturated carbocycles. The highest BCUT2D eigenvalue weighted by Gasteiger charge is 2.35. The van der Waals surface area contributed by atoms with Crippen LogP contribution in [-0.4, -0.2) is 11.5 Å². The van der Waals surface area contributed by atoms with Gasteiger partial charge in [0.15, 0.2) is 0 Å². The fourth-order valence-corrected chi connectivity index (χ4v) is 1.41. The van der Waals surface area contributed by atoms with E-state index >= 15 is 0 Å². The molecule has 0 aliphatic heterocycles. The number of halogens is 4. The van der Waals surface area contributed by atoms with Crippen LogP contribution in [0.5, 0.6) is 0 Å². The van der Waals surface area contributed by atoms with E-state index in [0.717, 1.165) is 12.1 Å². The fourth-order valence-electron chi connectivity index (χ4n) is 1.25. The normalized spacial score (nSPS) is 11.3. The first-order valence-corrected chi connectivity index (χ1v) is 4.52. The first-order chi connectivity index (χ1) is 7.27. The zero-order valence-corrected chi connectivity index (χ0v) is 8.82. The van der Waals surface area contributed by atoms with E-state index in [1.165, 1.54) is 6.92 Å². The van der Waals surface area contributed by atoms with Crippen LogP contribution in [0.1, 0.15) is 31.8 Å². The van der Waals surface area contributed by atoms with Gasteiger partial charge in [-0.3, -0.25) is 9.59 Å². The summed E-state index contributed by atoms with van der Waals surface area (Å²) in [6, 6.07) is 1.58. The van der Waals surface area contributed by atoms with Crippen molar-refractivity contribution in [1.82, 2.24) is 0 Å². The van der Waals surface area contributed by atoms with Gasteiger partial charge in [0, 0.05) is 11.1 Å². The van der Waals surface area contributed by atoms with Gasteiger partial charge >= 0.3 is 6.18 Å². The van der Waals surface area contributed by atoms with Gasteiger partial charge in [0.05, 0.1) is 5.56 Å². The zero-order chi connectivity index (χ0) is 12.5. The van der Waals surface area contributed by atoms with Gasteiger partial charge in [-0.25, -0.2) is 0 Å². The van der Waals surface area contributed by atoms with E-state index in [0.29, 0.717) is 6.29 Å². The number of benzene rings is 1. The van der Waals surface area contributed by atoms with Crippen molar-refractivity contribution in [2.75, 3.05) is 0 Å². The van der Waals surface area contributed by atoms with Gasteiger partial charge in [0.1, 0.15) is 6.29 Å². The van der Waals surface area contributed by atoms with Gasteiger partial charge in [-0.05, 0) is 36.2 Å². The Balaban J connectivity index is 3.55. The van der Waals surface area contributed by atoms with Gasteiger partial charge in [-0.1, -0.05) is 0 Å². The molecule has 6 heteroatoms. The quantitative estimate of drug-likeness (QED) is 0.597. The number of aldehydes is 1. The molecular weight excluding hydrogens is 245 g/mol. The molecule has 1 aromatic rings. The first-order valence-electron chi connectivity index (χ1n) is 4.14. The van der Waals surface area contributed by atoms with E-state index in [1.807, 2.05) is 0 Å². The number of carbonyl (C=O) groups excluding carboxylic acids is 2. The summed E-state index contributed by atoms with van der Waals surface area (Å²) in [6.45, 7) is 1.35. The van der Waals surface area contributed by atoms with Crippen LogP contribution >= 0.6 is 11.6 Å². The molecule has 86 valence electrons. The lowest BCUT2D eigenvalue weighted by atomic mass is 10.00. The van der Waals surface area contributed by atoms with Crippen LogP contribution in [0.2, 0.25) is 0 Å². The monoisotopic (exact) mass is 250 g/mol. The second-order valence-electron chi connectivity index (χ2n) is 3.14. The van der Waals surface area contributed by atoms with E-state index < -0.39 is 22.5 Å². The first kappa shape index (κ1) is 12.7. The molecule has 0 N–H and O–H groups in total. The summed E-state index contributed by atoms with van der Waals surface area (Å²) in [4.78, 5) is 21.4. The van der Waals surface area contributed by atoms with Crippen LogP contribution in [0.4, 0.5) is 13.2 Å². The predicted molar refractivity (Wildman–Crippen MR) is 51.8 cm³/mol. The van der Waals surface area contributed by atoms with Crippen molar-refractivity contribution in [1.29, 1.82) is 0 Å². The van der Waals surface area contributed by atoms with Gasteiger partial charge < -0.3 is 0 Å². The Kier molecular flexibility index (Phi) is 3.38. The predicted octanol–water partition coefficient (Wildman–Crippen LogP) is 3.21. The third-order valence-electron chi connectivity index (χ3n) is 2.05. The zero-order valence-electron chi connectivity index (χ0n) is 8.06. The average Bonchev–Trinajstić information content (AvgIpc) is 2.15. The summed E-state index contributed by atoms with van der Waals surface area (Å²) in [7, 11) is 0. The number of aryl methyl sites for hydroxylation is 1. The molecule has 0 spiro atoms. The molecule has 0 amide bonds. The largest absolute Gasteiger partial charge is 0.417 e. The summed E-state index contributed by atoms with van der Waals surface area (Å²) in [6.07, 6.45) is -4.30. The lowest BCUT2D eigenvalue weighted by molar-refractivity contribution is -0.137. The standard InChI is InChI=1S/C10H6ClF3O2/c1-5-2-8(10(12,13)14)7(9(11)16)3-6(5)4-15/h2-4H,1H3. The highest BCUT2D eigenvalue weighted by molar-refractivity contribution is 6.68. The van der Waals surface area contributed by atoms with Crippen molar-refractivity contribution >= 4 is 23.1 Å². The number of hydrogen-bond donors (Lipinski definition) is 0. The highest BCUT2D eigenvalue weighted by Crippen LogP contribution is 2.34. The molecule has 0 unspecified atom stereocenters. The van der Waals surface area contributed by atoms with Gasteiger partial charge in [-0.2, -0.15) is 13.2 Å². The van der Waals surface area contributed by atoms with E-state index in [4.69, 9.17) is 11.6 Å². The smallest absolute Gasteiger partial charge is 0.298 e. The molecule has 0 aliphatic carbocycles.